The number of ether oxygens (including phenoxy) is 2. The first-order chi connectivity index (χ1) is 14.4. The number of hydrogen-bond acceptors (Lipinski definition) is 7. The summed E-state index contributed by atoms with van der Waals surface area (Å²) in [4.78, 5) is 36.6. The van der Waals surface area contributed by atoms with Crippen LogP contribution in [0.1, 0.15) is 42.5 Å². The van der Waals surface area contributed by atoms with Gasteiger partial charge in [-0.25, -0.2) is 14.3 Å². The zero-order chi connectivity index (χ0) is 21.7. The zero-order valence-corrected chi connectivity index (χ0v) is 16.7. The van der Waals surface area contributed by atoms with Crippen molar-refractivity contribution in [3.05, 3.63) is 76.6 Å². The Bertz CT molecular complexity index is 1090. The lowest BCUT2D eigenvalue weighted by Gasteiger charge is -2.10. The molecule has 1 amide bonds. The average Bonchev–Trinajstić information content (AvgIpc) is 3.13. The summed E-state index contributed by atoms with van der Waals surface area (Å²) in [6.07, 6.45) is 0. The van der Waals surface area contributed by atoms with E-state index in [9.17, 15) is 14.4 Å². The fourth-order valence-electron chi connectivity index (χ4n) is 2.86. The highest BCUT2D eigenvalue weighted by atomic mass is 16.5. The first kappa shape index (κ1) is 20.7. The summed E-state index contributed by atoms with van der Waals surface area (Å²) in [6.45, 7) is 2.23. The predicted molar refractivity (Wildman–Crippen MR) is 107 cm³/mol. The second-order valence-corrected chi connectivity index (χ2v) is 6.36. The van der Waals surface area contributed by atoms with Crippen molar-refractivity contribution in [3.8, 4) is 0 Å². The maximum Gasteiger partial charge on any atom is 0.338 e. The number of carbonyl (C=O) groups excluding carboxylic acids is 3. The van der Waals surface area contributed by atoms with E-state index in [0.717, 1.165) is 5.56 Å². The van der Waals surface area contributed by atoms with Crippen LogP contribution < -0.4 is 5.32 Å². The minimum atomic E-state index is -0.725. The Labute approximate surface area is 172 Å². The number of esters is 2. The molecule has 0 aliphatic carbocycles. The zero-order valence-electron chi connectivity index (χ0n) is 16.7. The number of nitrogens with zero attached hydrogens (tertiary/aromatic N) is 3. The fraction of sp³-hybridized carbons (Fsp3) is 0.190. The Morgan fingerprint density at radius 1 is 0.967 bits per heavy atom. The van der Waals surface area contributed by atoms with E-state index in [1.165, 1.54) is 32.4 Å². The monoisotopic (exact) mass is 408 g/mol. The van der Waals surface area contributed by atoms with Crippen molar-refractivity contribution in [1.82, 2.24) is 15.0 Å². The van der Waals surface area contributed by atoms with Crippen LogP contribution in [0.25, 0.3) is 0 Å². The molecule has 0 spiro atoms. The third-order valence-corrected chi connectivity index (χ3v) is 4.46. The molecule has 0 radical (unpaired) electrons. The van der Waals surface area contributed by atoms with Gasteiger partial charge < -0.3 is 14.8 Å². The first-order valence-corrected chi connectivity index (χ1v) is 9.00. The van der Waals surface area contributed by atoms with Crippen LogP contribution in [0.3, 0.4) is 0 Å². The van der Waals surface area contributed by atoms with Gasteiger partial charge in [0.2, 0.25) is 0 Å². The van der Waals surface area contributed by atoms with Crippen molar-refractivity contribution >= 4 is 23.5 Å². The number of benzene rings is 2. The molecule has 0 saturated heterocycles. The number of amides is 1. The van der Waals surface area contributed by atoms with Crippen LogP contribution in [0, 0.1) is 6.92 Å². The molecule has 9 nitrogen and oxygen atoms in total. The van der Waals surface area contributed by atoms with E-state index in [-0.39, 0.29) is 16.8 Å². The van der Waals surface area contributed by atoms with Crippen molar-refractivity contribution in [3.63, 3.8) is 0 Å². The summed E-state index contributed by atoms with van der Waals surface area (Å²) in [7, 11) is 2.41. The number of carbonyl (C=O) groups is 3. The van der Waals surface area contributed by atoms with Crippen molar-refractivity contribution in [1.29, 1.82) is 0 Å². The van der Waals surface area contributed by atoms with Gasteiger partial charge in [0.25, 0.3) is 5.91 Å². The first-order valence-electron chi connectivity index (χ1n) is 9.00. The summed E-state index contributed by atoms with van der Waals surface area (Å²) in [5.74, 6) is -1.90. The van der Waals surface area contributed by atoms with Crippen LogP contribution in [0.15, 0.2) is 48.5 Å². The molecule has 0 fully saturated rings. The number of hydrogen-bond donors (Lipinski definition) is 1. The van der Waals surface area contributed by atoms with Crippen molar-refractivity contribution in [2.24, 2.45) is 0 Å². The number of nitrogens with one attached hydrogen (secondary N) is 1. The molecule has 2 aromatic carbocycles. The van der Waals surface area contributed by atoms with Crippen molar-refractivity contribution < 1.29 is 23.9 Å². The van der Waals surface area contributed by atoms with Gasteiger partial charge in [-0.1, -0.05) is 35.5 Å². The van der Waals surface area contributed by atoms with E-state index >= 15 is 0 Å². The summed E-state index contributed by atoms with van der Waals surface area (Å²) in [5, 5.41) is 10.7. The van der Waals surface area contributed by atoms with Gasteiger partial charge in [-0.05, 0) is 30.7 Å². The molecule has 0 saturated carbocycles. The third-order valence-electron chi connectivity index (χ3n) is 4.46. The second kappa shape index (κ2) is 8.99. The average molecular weight is 408 g/mol. The van der Waals surface area contributed by atoms with Crippen LogP contribution >= 0.6 is 0 Å². The Morgan fingerprint density at radius 3 is 2.30 bits per heavy atom. The highest BCUT2D eigenvalue weighted by molar-refractivity contribution is 6.07. The SMILES string of the molecule is COC(=O)c1ccc(NC(=O)c2nnn(Cc3ccccc3)c2C)cc1C(=O)OC. The van der Waals surface area contributed by atoms with Gasteiger partial charge in [0.15, 0.2) is 5.69 Å². The lowest BCUT2D eigenvalue weighted by molar-refractivity contribution is 0.0555. The van der Waals surface area contributed by atoms with Gasteiger partial charge in [-0.3, -0.25) is 4.79 Å². The van der Waals surface area contributed by atoms with Crippen LogP contribution in [-0.4, -0.2) is 47.1 Å². The molecule has 1 N–H and O–H groups in total. The van der Waals surface area contributed by atoms with Gasteiger partial charge in [0.05, 0.1) is 37.6 Å². The van der Waals surface area contributed by atoms with Crippen molar-refractivity contribution in [2.45, 2.75) is 13.5 Å². The minimum Gasteiger partial charge on any atom is -0.465 e. The van der Waals surface area contributed by atoms with E-state index in [2.05, 4.69) is 20.4 Å². The number of anilines is 1. The van der Waals surface area contributed by atoms with Crippen LogP contribution in [0.2, 0.25) is 0 Å². The Morgan fingerprint density at radius 2 is 1.63 bits per heavy atom. The summed E-state index contributed by atoms with van der Waals surface area (Å²) in [6, 6.07) is 13.9. The van der Waals surface area contributed by atoms with Gasteiger partial charge in [0, 0.05) is 5.69 Å². The fourth-order valence-corrected chi connectivity index (χ4v) is 2.86. The van der Waals surface area contributed by atoms with Crippen LogP contribution in [-0.2, 0) is 16.0 Å². The molecule has 9 heteroatoms. The van der Waals surface area contributed by atoms with Crippen LogP contribution in [0.4, 0.5) is 5.69 Å². The van der Waals surface area contributed by atoms with Gasteiger partial charge in [-0.2, -0.15) is 0 Å². The van der Waals surface area contributed by atoms with E-state index in [1.807, 2.05) is 30.3 Å². The van der Waals surface area contributed by atoms with Gasteiger partial charge >= 0.3 is 11.9 Å². The Kier molecular flexibility index (Phi) is 6.21. The van der Waals surface area contributed by atoms with Gasteiger partial charge in [0.1, 0.15) is 0 Å². The summed E-state index contributed by atoms with van der Waals surface area (Å²) < 4.78 is 11.0. The molecule has 0 atom stereocenters. The number of methoxy groups -OCH3 is 2. The third kappa shape index (κ3) is 4.35. The standard InChI is InChI=1S/C21H20N4O5/c1-13-18(23-24-25(13)12-14-7-5-4-6-8-14)19(26)22-15-9-10-16(20(27)29-2)17(11-15)21(28)30-3/h4-11H,12H2,1-3H3,(H,22,26). The molecule has 154 valence electrons. The number of rotatable bonds is 6. The largest absolute Gasteiger partial charge is 0.465 e. The molecular weight excluding hydrogens is 388 g/mol. The molecule has 0 unspecified atom stereocenters. The molecular formula is C21H20N4O5. The smallest absolute Gasteiger partial charge is 0.338 e. The molecule has 1 heterocycles. The molecule has 0 aliphatic rings. The van der Waals surface area contributed by atoms with Crippen molar-refractivity contribution in [2.75, 3.05) is 19.5 Å². The molecule has 3 aromatic rings. The summed E-state index contributed by atoms with van der Waals surface area (Å²) >= 11 is 0. The molecule has 0 aliphatic heterocycles. The van der Waals surface area contributed by atoms with Crippen LogP contribution in [0.5, 0.6) is 0 Å². The normalized spacial score (nSPS) is 10.4. The number of aromatic nitrogens is 3. The maximum atomic E-state index is 12.7. The maximum absolute atomic E-state index is 12.7. The summed E-state index contributed by atoms with van der Waals surface area (Å²) in [5.41, 5.74) is 2.08. The lowest BCUT2D eigenvalue weighted by Crippen LogP contribution is -2.16. The minimum absolute atomic E-state index is 0.0217. The second-order valence-electron chi connectivity index (χ2n) is 6.36. The molecule has 30 heavy (non-hydrogen) atoms. The van der Waals surface area contributed by atoms with E-state index in [1.54, 1.807) is 11.6 Å². The Balaban J connectivity index is 1.82. The van der Waals surface area contributed by atoms with E-state index in [0.29, 0.717) is 17.9 Å². The molecule has 3 rings (SSSR count). The van der Waals surface area contributed by atoms with E-state index < -0.39 is 17.8 Å². The molecule has 0 bridgehead atoms. The van der Waals surface area contributed by atoms with Gasteiger partial charge in [-0.15, -0.1) is 5.10 Å². The highest BCUT2D eigenvalue weighted by Gasteiger charge is 2.21. The quantitative estimate of drug-likeness (QED) is 0.624. The lowest BCUT2D eigenvalue weighted by atomic mass is 10.1. The molecule has 1 aromatic heterocycles. The van der Waals surface area contributed by atoms with E-state index in [4.69, 9.17) is 4.74 Å². The highest BCUT2D eigenvalue weighted by Crippen LogP contribution is 2.19. The topological polar surface area (TPSA) is 112 Å². The Hall–Kier alpha value is -4.01. The predicted octanol–water partition coefficient (Wildman–Crippen LogP) is 2.46.